The molecule has 104 valence electrons. The minimum atomic E-state index is -1.51. The van der Waals surface area contributed by atoms with Gasteiger partial charge in [0.1, 0.15) is 11.9 Å². The fraction of sp³-hybridized carbons (Fsp3) is 0.308. The van der Waals surface area contributed by atoms with Crippen molar-refractivity contribution in [1.82, 2.24) is 10.2 Å². The van der Waals surface area contributed by atoms with Crippen LogP contribution in [-0.4, -0.2) is 33.8 Å². The Hall–Kier alpha value is -2.28. The Morgan fingerprint density at radius 2 is 2.05 bits per heavy atom. The molecular formula is C13H11FN2O4. The van der Waals surface area contributed by atoms with Crippen LogP contribution in [0.3, 0.4) is 0 Å². The van der Waals surface area contributed by atoms with Crippen molar-refractivity contribution in [3.05, 3.63) is 35.1 Å². The summed E-state index contributed by atoms with van der Waals surface area (Å²) in [4.78, 5) is 36.0. The molecule has 1 aromatic carbocycles. The molecule has 0 bridgehead atoms. The first-order valence-corrected chi connectivity index (χ1v) is 6.13. The third-order valence-corrected chi connectivity index (χ3v) is 3.59. The first-order valence-electron chi connectivity index (χ1n) is 6.13. The van der Waals surface area contributed by atoms with Crippen molar-refractivity contribution in [3.8, 4) is 0 Å². The van der Waals surface area contributed by atoms with E-state index in [1.165, 1.54) is 12.1 Å². The summed E-state index contributed by atoms with van der Waals surface area (Å²) in [5.74, 6) is -2.38. The molecule has 0 spiro atoms. The number of hydrogen-bond donors (Lipinski definition) is 2. The largest absolute Gasteiger partial charge is 0.369 e. The molecule has 2 N–H and O–H groups in total. The first-order chi connectivity index (χ1) is 9.50. The van der Waals surface area contributed by atoms with E-state index in [1.807, 2.05) is 0 Å². The third kappa shape index (κ3) is 1.70. The number of aliphatic hydroxyl groups is 1. The van der Waals surface area contributed by atoms with Crippen LogP contribution in [0.15, 0.2) is 18.2 Å². The van der Waals surface area contributed by atoms with E-state index in [0.29, 0.717) is 0 Å². The predicted octanol–water partition coefficient (Wildman–Crippen LogP) is 0.0776. The standard InChI is InChI=1S/C13H11FN2O4/c14-7-3-1-2-6-10(7)13(20)16(12(6)19)8-4-5-9(17)15-11(8)18/h1-3,8,13,20H,4-5H2,(H,15,17,18). The lowest BCUT2D eigenvalue weighted by Crippen LogP contribution is -2.53. The zero-order chi connectivity index (χ0) is 14.4. The van der Waals surface area contributed by atoms with E-state index in [2.05, 4.69) is 5.32 Å². The molecule has 20 heavy (non-hydrogen) atoms. The Kier molecular flexibility index (Phi) is 2.79. The van der Waals surface area contributed by atoms with Crippen LogP contribution in [0.2, 0.25) is 0 Å². The van der Waals surface area contributed by atoms with Crippen LogP contribution < -0.4 is 5.32 Å². The molecule has 2 atom stereocenters. The Morgan fingerprint density at radius 3 is 2.70 bits per heavy atom. The van der Waals surface area contributed by atoms with E-state index in [-0.39, 0.29) is 24.0 Å². The molecule has 2 unspecified atom stereocenters. The zero-order valence-electron chi connectivity index (χ0n) is 10.3. The molecule has 3 amide bonds. The van der Waals surface area contributed by atoms with E-state index in [1.54, 1.807) is 0 Å². The molecule has 1 fully saturated rings. The molecular weight excluding hydrogens is 267 g/mol. The summed E-state index contributed by atoms with van der Waals surface area (Å²) < 4.78 is 13.7. The summed E-state index contributed by atoms with van der Waals surface area (Å²) in [6.07, 6.45) is -1.32. The van der Waals surface area contributed by atoms with Crippen LogP contribution in [0.4, 0.5) is 4.39 Å². The number of benzene rings is 1. The normalized spacial score (nSPS) is 25.7. The van der Waals surface area contributed by atoms with Crippen molar-refractivity contribution in [2.45, 2.75) is 25.1 Å². The van der Waals surface area contributed by atoms with Crippen LogP contribution in [0.1, 0.15) is 35.0 Å². The van der Waals surface area contributed by atoms with E-state index in [9.17, 15) is 23.9 Å². The van der Waals surface area contributed by atoms with Crippen molar-refractivity contribution >= 4 is 17.7 Å². The second-order valence-electron chi connectivity index (χ2n) is 4.75. The van der Waals surface area contributed by atoms with Gasteiger partial charge in [0, 0.05) is 12.0 Å². The van der Waals surface area contributed by atoms with Crippen LogP contribution in [0.5, 0.6) is 0 Å². The summed E-state index contributed by atoms with van der Waals surface area (Å²) in [6, 6.07) is 2.94. The van der Waals surface area contributed by atoms with Crippen molar-refractivity contribution < 1.29 is 23.9 Å². The number of nitrogens with zero attached hydrogens (tertiary/aromatic N) is 1. The number of aliphatic hydroxyl groups excluding tert-OH is 1. The van der Waals surface area contributed by atoms with Crippen LogP contribution in [-0.2, 0) is 9.59 Å². The average Bonchev–Trinajstić information content (AvgIpc) is 2.64. The lowest BCUT2D eigenvalue weighted by molar-refractivity contribution is -0.139. The first kappa shape index (κ1) is 12.7. The maximum absolute atomic E-state index is 13.7. The van der Waals surface area contributed by atoms with E-state index in [4.69, 9.17) is 0 Å². The quantitative estimate of drug-likeness (QED) is 0.712. The fourth-order valence-corrected chi connectivity index (χ4v) is 2.63. The van der Waals surface area contributed by atoms with Crippen LogP contribution >= 0.6 is 0 Å². The highest BCUT2D eigenvalue weighted by atomic mass is 19.1. The summed E-state index contributed by atoms with van der Waals surface area (Å²) >= 11 is 0. The van der Waals surface area contributed by atoms with Gasteiger partial charge >= 0.3 is 0 Å². The molecule has 1 saturated heterocycles. The summed E-state index contributed by atoms with van der Waals surface area (Å²) in [6.45, 7) is 0. The Balaban J connectivity index is 1.98. The van der Waals surface area contributed by atoms with Gasteiger partial charge in [-0.05, 0) is 18.6 Å². The monoisotopic (exact) mass is 278 g/mol. The topological polar surface area (TPSA) is 86.7 Å². The molecule has 0 aliphatic carbocycles. The number of hydrogen-bond acceptors (Lipinski definition) is 4. The van der Waals surface area contributed by atoms with Gasteiger partial charge in [-0.3, -0.25) is 24.6 Å². The predicted molar refractivity (Wildman–Crippen MR) is 63.7 cm³/mol. The van der Waals surface area contributed by atoms with Gasteiger partial charge in [-0.25, -0.2) is 4.39 Å². The van der Waals surface area contributed by atoms with Gasteiger partial charge in [-0.15, -0.1) is 0 Å². The third-order valence-electron chi connectivity index (χ3n) is 3.59. The number of rotatable bonds is 1. The van der Waals surface area contributed by atoms with Gasteiger partial charge in [0.25, 0.3) is 5.91 Å². The van der Waals surface area contributed by atoms with Crippen molar-refractivity contribution in [2.24, 2.45) is 0 Å². The van der Waals surface area contributed by atoms with Crippen LogP contribution in [0.25, 0.3) is 0 Å². The molecule has 6 nitrogen and oxygen atoms in total. The molecule has 0 radical (unpaired) electrons. The number of carbonyl (C=O) groups is 3. The molecule has 2 heterocycles. The van der Waals surface area contributed by atoms with Gasteiger partial charge in [-0.2, -0.15) is 0 Å². The highest BCUT2D eigenvalue weighted by molar-refractivity contribution is 6.05. The minimum Gasteiger partial charge on any atom is -0.369 e. The molecule has 1 aromatic rings. The van der Waals surface area contributed by atoms with Gasteiger partial charge in [0.15, 0.2) is 6.23 Å². The molecule has 0 aromatic heterocycles. The Labute approximate surface area is 113 Å². The molecule has 7 heteroatoms. The highest BCUT2D eigenvalue weighted by Crippen LogP contribution is 2.36. The number of nitrogens with one attached hydrogen (secondary N) is 1. The zero-order valence-corrected chi connectivity index (χ0v) is 10.3. The SMILES string of the molecule is O=C1CCC(N2C(=O)c3cccc(F)c3C2O)C(=O)N1. The number of carbonyl (C=O) groups excluding carboxylic acids is 3. The number of imide groups is 1. The highest BCUT2D eigenvalue weighted by Gasteiger charge is 2.45. The molecule has 3 rings (SSSR count). The Bertz CT molecular complexity index is 631. The van der Waals surface area contributed by atoms with Gasteiger partial charge in [-0.1, -0.05) is 6.07 Å². The second-order valence-corrected chi connectivity index (χ2v) is 4.75. The lowest BCUT2D eigenvalue weighted by atomic mass is 10.0. The van der Waals surface area contributed by atoms with Crippen molar-refractivity contribution in [1.29, 1.82) is 0 Å². The maximum Gasteiger partial charge on any atom is 0.257 e. The minimum absolute atomic E-state index is 0.0437. The van der Waals surface area contributed by atoms with E-state index < -0.39 is 35.8 Å². The molecule has 2 aliphatic heterocycles. The number of fused-ring (bicyclic) bond motifs is 1. The smallest absolute Gasteiger partial charge is 0.257 e. The molecule has 2 aliphatic rings. The number of piperidine rings is 1. The van der Waals surface area contributed by atoms with E-state index in [0.717, 1.165) is 11.0 Å². The average molecular weight is 278 g/mol. The van der Waals surface area contributed by atoms with Gasteiger partial charge < -0.3 is 5.11 Å². The summed E-state index contributed by atoms with van der Waals surface area (Å²) in [7, 11) is 0. The summed E-state index contributed by atoms with van der Waals surface area (Å²) in [5.41, 5.74) is -0.0793. The Morgan fingerprint density at radius 1 is 1.30 bits per heavy atom. The second kappa shape index (κ2) is 4.38. The number of amides is 3. The lowest BCUT2D eigenvalue weighted by Gasteiger charge is -2.31. The van der Waals surface area contributed by atoms with Gasteiger partial charge in [0.05, 0.1) is 5.56 Å². The van der Waals surface area contributed by atoms with Gasteiger partial charge in [0.2, 0.25) is 11.8 Å². The molecule has 0 saturated carbocycles. The maximum atomic E-state index is 13.7. The van der Waals surface area contributed by atoms with Crippen molar-refractivity contribution in [2.75, 3.05) is 0 Å². The van der Waals surface area contributed by atoms with Crippen LogP contribution in [0, 0.1) is 5.82 Å². The number of halogens is 1. The summed E-state index contributed by atoms with van der Waals surface area (Å²) in [5, 5.41) is 12.2. The fourth-order valence-electron chi connectivity index (χ4n) is 2.63. The van der Waals surface area contributed by atoms with Crippen molar-refractivity contribution in [3.63, 3.8) is 0 Å². The van der Waals surface area contributed by atoms with E-state index >= 15 is 0 Å².